The normalized spacial score (nSPS) is 12.1. The number of benzene rings is 4. The van der Waals surface area contributed by atoms with Gasteiger partial charge in [-0.15, -0.1) is 0 Å². The van der Waals surface area contributed by atoms with Crippen LogP contribution in [0.2, 0.25) is 0 Å². The van der Waals surface area contributed by atoms with Crippen LogP contribution in [0.4, 0.5) is 0 Å². The molecule has 0 spiro atoms. The summed E-state index contributed by atoms with van der Waals surface area (Å²) < 4.78 is 2.69. The Kier molecular flexibility index (Phi) is 4.99. The van der Waals surface area contributed by atoms with Crippen molar-refractivity contribution >= 4 is 24.1 Å². The summed E-state index contributed by atoms with van der Waals surface area (Å²) in [6.07, 6.45) is 2.71. The van der Waals surface area contributed by atoms with Gasteiger partial charge in [-0.05, 0) is 0 Å². The first-order valence-corrected chi connectivity index (χ1v) is 13.9. The summed E-state index contributed by atoms with van der Waals surface area (Å²) in [5, 5.41) is 13.8. The molecule has 0 saturated heterocycles. The number of aryl methyl sites for hydroxylation is 1. The molecule has 0 aliphatic heterocycles. The Hall–Kier alpha value is -3.85. The maximum absolute atomic E-state index is 4.50. The second-order valence-electron chi connectivity index (χ2n) is 9.41. The van der Waals surface area contributed by atoms with Crippen LogP contribution in [-0.4, -0.2) is 29.9 Å². The summed E-state index contributed by atoms with van der Waals surface area (Å²) in [5.74, 6) is 0. The van der Waals surface area contributed by atoms with Crippen molar-refractivity contribution in [3.8, 4) is 43.5 Å². The molecule has 4 heteroatoms. The van der Waals surface area contributed by atoms with Crippen molar-refractivity contribution in [2.75, 3.05) is 0 Å². The molecule has 0 unspecified atom stereocenters. The summed E-state index contributed by atoms with van der Waals surface area (Å²) >= 11 is 0.111. The average Bonchev–Trinajstić information content (AvgIpc) is 3.49. The third-order valence-electron chi connectivity index (χ3n) is 7.41. The Bertz CT molecular complexity index is 1770. The third-order valence-corrected chi connectivity index (χ3v) is 9.89. The summed E-state index contributed by atoms with van der Waals surface area (Å²) in [5.41, 5.74) is 14.4. The molecule has 0 radical (unpaired) electrons. The number of hydrogen-bond donors (Lipinski definition) is 0. The van der Waals surface area contributed by atoms with E-state index in [1.54, 1.807) is 6.20 Å². The molecule has 0 saturated carbocycles. The van der Waals surface area contributed by atoms with Crippen molar-refractivity contribution < 1.29 is 0 Å². The van der Waals surface area contributed by atoms with Crippen molar-refractivity contribution in [3.05, 3.63) is 113 Å². The molecule has 3 nitrogen and oxygen atoms in total. The standard InChI is InChI=1S/C32H23N3Se/c1-19-17-25-23-12-7-6-11-22(23)18-26(25)29(20(19)2)31-30-24(21-9-4-3-5-10-21)13-8-14-28(30)36-32(31)27-15-16-33-35-34-27/h3-17H,18H2,1-2H3. The van der Waals surface area contributed by atoms with Crippen LogP contribution in [-0.2, 0) is 6.42 Å². The van der Waals surface area contributed by atoms with Gasteiger partial charge in [-0.1, -0.05) is 0 Å². The van der Waals surface area contributed by atoms with Crippen molar-refractivity contribution in [2.45, 2.75) is 20.3 Å². The maximum atomic E-state index is 4.50. The number of nitrogens with zero attached hydrogens (tertiary/aromatic N) is 3. The molecule has 2 heterocycles. The van der Waals surface area contributed by atoms with Crippen LogP contribution in [0.5, 0.6) is 0 Å². The van der Waals surface area contributed by atoms with Gasteiger partial charge in [0.05, 0.1) is 0 Å². The Balaban J connectivity index is 1.64. The molecule has 0 atom stereocenters. The van der Waals surface area contributed by atoms with Gasteiger partial charge in [0, 0.05) is 0 Å². The van der Waals surface area contributed by atoms with Gasteiger partial charge in [0.1, 0.15) is 0 Å². The molecule has 1 aliphatic carbocycles. The van der Waals surface area contributed by atoms with E-state index in [1.807, 2.05) is 6.07 Å². The van der Waals surface area contributed by atoms with Gasteiger partial charge in [0.2, 0.25) is 0 Å². The molecule has 7 rings (SSSR count). The van der Waals surface area contributed by atoms with Crippen LogP contribution >= 0.6 is 0 Å². The second kappa shape index (κ2) is 8.37. The minimum atomic E-state index is 0.111. The molecular weight excluding hydrogens is 505 g/mol. The first kappa shape index (κ1) is 21.4. The van der Waals surface area contributed by atoms with E-state index in [1.165, 1.54) is 69.7 Å². The van der Waals surface area contributed by atoms with E-state index < -0.39 is 0 Å². The van der Waals surface area contributed by atoms with E-state index >= 15 is 0 Å². The van der Waals surface area contributed by atoms with Crippen LogP contribution < -0.4 is 0 Å². The van der Waals surface area contributed by atoms with Gasteiger partial charge in [0.15, 0.2) is 0 Å². The Labute approximate surface area is 216 Å². The predicted octanol–water partition coefficient (Wildman–Crippen LogP) is 7.27. The zero-order chi connectivity index (χ0) is 24.2. The summed E-state index contributed by atoms with van der Waals surface area (Å²) in [7, 11) is 0. The zero-order valence-electron chi connectivity index (χ0n) is 20.1. The fourth-order valence-corrected chi connectivity index (χ4v) is 8.17. The zero-order valence-corrected chi connectivity index (χ0v) is 21.8. The van der Waals surface area contributed by atoms with Crippen LogP contribution in [0.25, 0.3) is 53.2 Å². The van der Waals surface area contributed by atoms with Crippen molar-refractivity contribution in [3.63, 3.8) is 0 Å². The van der Waals surface area contributed by atoms with E-state index in [-0.39, 0.29) is 14.5 Å². The van der Waals surface area contributed by atoms with Crippen molar-refractivity contribution in [1.82, 2.24) is 15.4 Å². The van der Waals surface area contributed by atoms with E-state index in [0.29, 0.717) is 0 Å². The molecule has 0 fully saturated rings. The molecule has 172 valence electrons. The van der Waals surface area contributed by atoms with E-state index in [9.17, 15) is 0 Å². The van der Waals surface area contributed by atoms with E-state index in [2.05, 4.69) is 108 Å². The minimum absolute atomic E-state index is 0.111. The molecule has 36 heavy (non-hydrogen) atoms. The molecule has 0 N–H and O–H groups in total. The molecule has 6 aromatic rings. The van der Waals surface area contributed by atoms with Crippen molar-refractivity contribution in [1.29, 1.82) is 0 Å². The fourth-order valence-electron chi connectivity index (χ4n) is 5.65. The first-order valence-electron chi connectivity index (χ1n) is 12.2. The third kappa shape index (κ3) is 3.22. The van der Waals surface area contributed by atoms with Crippen LogP contribution in [0.1, 0.15) is 22.3 Å². The summed E-state index contributed by atoms with van der Waals surface area (Å²) in [6, 6.07) is 30.8. The summed E-state index contributed by atoms with van der Waals surface area (Å²) in [4.78, 5) is 0. The molecule has 4 aromatic carbocycles. The number of aromatic nitrogens is 3. The molecular formula is C32H23N3Se. The Morgan fingerprint density at radius 3 is 2.39 bits per heavy atom. The Morgan fingerprint density at radius 2 is 1.56 bits per heavy atom. The molecule has 0 bridgehead atoms. The summed E-state index contributed by atoms with van der Waals surface area (Å²) in [6.45, 7) is 4.53. The second-order valence-corrected chi connectivity index (χ2v) is 11.6. The van der Waals surface area contributed by atoms with Crippen LogP contribution in [0.15, 0.2) is 91.1 Å². The van der Waals surface area contributed by atoms with Gasteiger partial charge in [-0.25, -0.2) is 0 Å². The van der Waals surface area contributed by atoms with Gasteiger partial charge < -0.3 is 0 Å². The number of hydrogen-bond acceptors (Lipinski definition) is 3. The molecule has 0 amide bonds. The van der Waals surface area contributed by atoms with E-state index in [4.69, 9.17) is 0 Å². The number of fused-ring (bicyclic) bond motifs is 4. The predicted molar refractivity (Wildman–Crippen MR) is 148 cm³/mol. The van der Waals surface area contributed by atoms with Crippen molar-refractivity contribution in [2.24, 2.45) is 0 Å². The fraction of sp³-hybridized carbons (Fsp3) is 0.0938. The number of rotatable bonds is 3. The topological polar surface area (TPSA) is 38.7 Å². The van der Waals surface area contributed by atoms with Gasteiger partial charge in [-0.2, -0.15) is 0 Å². The van der Waals surface area contributed by atoms with Gasteiger partial charge >= 0.3 is 217 Å². The molecule has 1 aliphatic rings. The SMILES string of the molecule is Cc1cc2c(c(-c3c(-c4ccnnn4)[se]c4cccc(-c5ccccc5)c34)c1C)Cc1ccccc1-2. The van der Waals surface area contributed by atoms with Gasteiger partial charge in [0.25, 0.3) is 0 Å². The van der Waals surface area contributed by atoms with Crippen LogP contribution in [0, 0.1) is 13.8 Å². The van der Waals surface area contributed by atoms with Crippen LogP contribution in [0.3, 0.4) is 0 Å². The molecule has 2 aromatic heterocycles. The van der Waals surface area contributed by atoms with E-state index in [0.717, 1.165) is 12.1 Å². The quantitative estimate of drug-likeness (QED) is 0.227. The van der Waals surface area contributed by atoms with Gasteiger partial charge in [-0.3, -0.25) is 0 Å². The first-order chi connectivity index (χ1) is 17.7. The average molecular weight is 529 g/mol. The monoisotopic (exact) mass is 529 g/mol. The Morgan fingerprint density at radius 1 is 0.750 bits per heavy atom.